The number of nitrogens with one attached hydrogen (secondary N) is 1. The van der Waals surface area contributed by atoms with Crippen molar-refractivity contribution in [1.29, 1.82) is 0 Å². The predicted octanol–water partition coefficient (Wildman–Crippen LogP) is 2.31. The van der Waals surface area contributed by atoms with Crippen LogP contribution in [0.1, 0.15) is 18.4 Å². The fourth-order valence-electron chi connectivity index (χ4n) is 4.37. The van der Waals surface area contributed by atoms with Crippen LogP contribution in [-0.2, 0) is 11.2 Å². The van der Waals surface area contributed by atoms with E-state index in [4.69, 9.17) is 0 Å². The Morgan fingerprint density at radius 2 is 1.96 bits per heavy atom. The summed E-state index contributed by atoms with van der Waals surface area (Å²) in [5.41, 5.74) is 2.11. The van der Waals surface area contributed by atoms with Gasteiger partial charge in [0.15, 0.2) is 0 Å². The molecular formula is C20H26N4O2. The minimum atomic E-state index is 0.0489. The maximum atomic E-state index is 13.1. The van der Waals surface area contributed by atoms with E-state index in [0.29, 0.717) is 18.9 Å². The molecule has 6 nitrogen and oxygen atoms in total. The predicted molar refractivity (Wildman–Crippen MR) is 101 cm³/mol. The molecule has 1 aromatic heterocycles. The number of carbonyl (C=O) groups is 2. The second-order valence-corrected chi connectivity index (χ2v) is 7.76. The van der Waals surface area contributed by atoms with Crippen molar-refractivity contribution in [3.8, 4) is 0 Å². The van der Waals surface area contributed by atoms with E-state index in [-0.39, 0.29) is 18.0 Å². The molecule has 2 aromatic rings. The van der Waals surface area contributed by atoms with Crippen LogP contribution in [0.25, 0.3) is 10.9 Å². The number of piperidine rings is 1. The zero-order chi connectivity index (χ0) is 18.3. The van der Waals surface area contributed by atoms with E-state index >= 15 is 0 Å². The Kier molecular flexibility index (Phi) is 4.34. The number of para-hydroxylation sites is 1. The van der Waals surface area contributed by atoms with Gasteiger partial charge in [0.05, 0.1) is 6.42 Å². The number of H-pyrrole nitrogens is 1. The molecule has 0 unspecified atom stereocenters. The van der Waals surface area contributed by atoms with Crippen LogP contribution in [0.3, 0.4) is 0 Å². The van der Waals surface area contributed by atoms with Crippen LogP contribution < -0.4 is 0 Å². The molecule has 1 aromatic carbocycles. The lowest BCUT2D eigenvalue weighted by Crippen LogP contribution is -2.49. The average Bonchev–Trinajstić information content (AvgIpc) is 2.82. The Bertz CT molecular complexity index is 828. The molecular weight excluding hydrogens is 328 g/mol. The van der Waals surface area contributed by atoms with Crippen molar-refractivity contribution in [3.63, 3.8) is 0 Å². The molecule has 0 spiro atoms. The van der Waals surface area contributed by atoms with Crippen LogP contribution >= 0.6 is 0 Å². The first-order chi connectivity index (χ1) is 12.5. The molecule has 3 aliphatic heterocycles. The summed E-state index contributed by atoms with van der Waals surface area (Å²) in [6.07, 6.45) is 4.44. The van der Waals surface area contributed by atoms with E-state index < -0.39 is 0 Å². The molecule has 6 heteroatoms. The summed E-state index contributed by atoms with van der Waals surface area (Å²) in [7, 11) is 3.57. The molecule has 138 valence electrons. The number of urea groups is 1. The number of carbonyl (C=O) groups excluding carboxylic acids is 2. The van der Waals surface area contributed by atoms with Gasteiger partial charge in [0, 0.05) is 56.9 Å². The van der Waals surface area contributed by atoms with Crippen LogP contribution in [-0.4, -0.2) is 71.4 Å². The van der Waals surface area contributed by atoms with Gasteiger partial charge in [-0.25, -0.2) is 4.79 Å². The van der Waals surface area contributed by atoms with Crippen LogP contribution in [0.5, 0.6) is 0 Å². The molecule has 3 amide bonds. The van der Waals surface area contributed by atoms with Crippen molar-refractivity contribution in [3.05, 3.63) is 36.0 Å². The normalized spacial score (nSPS) is 22.5. The highest BCUT2D eigenvalue weighted by Gasteiger charge is 2.38. The van der Waals surface area contributed by atoms with Gasteiger partial charge < -0.3 is 19.7 Å². The Labute approximate surface area is 153 Å². The highest BCUT2D eigenvalue weighted by molar-refractivity contribution is 5.89. The molecule has 3 fully saturated rings. The summed E-state index contributed by atoms with van der Waals surface area (Å²) in [5.74, 6) is 0.549. The number of fused-ring (bicyclic) bond motifs is 5. The second kappa shape index (κ2) is 6.67. The molecule has 0 aliphatic carbocycles. The quantitative estimate of drug-likeness (QED) is 0.900. The number of aromatic nitrogens is 1. The maximum absolute atomic E-state index is 13.1. The first kappa shape index (κ1) is 16.9. The molecule has 3 aliphatic rings. The number of amides is 3. The van der Waals surface area contributed by atoms with Crippen LogP contribution in [0.15, 0.2) is 30.5 Å². The van der Waals surface area contributed by atoms with Crippen molar-refractivity contribution in [2.24, 2.45) is 5.92 Å². The summed E-state index contributed by atoms with van der Waals surface area (Å²) in [6, 6.07) is 8.27. The third-order valence-electron chi connectivity index (χ3n) is 5.70. The fourth-order valence-corrected chi connectivity index (χ4v) is 4.37. The van der Waals surface area contributed by atoms with E-state index in [0.717, 1.165) is 42.4 Å². The Hall–Kier alpha value is -2.50. The fraction of sp³-hybridized carbons (Fsp3) is 0.500. The van der Waals surface area contributed by atoms with Crippen LogP contribution in [0.2, 0.25) is 0 Å². The van der Waals surface area contributed by atoms with Crippen molar-refractivity contribution in [2.45, 2.75) is 25.3 Å². The zero-order valence-electron chi connectivity index (χ0n) is 15.4. The van der Waals surface area contributed by atoms with Gasteiger partial charge in [0.1, 0.15) is 0 Å². The summed E-state index contributed by atoms with van der Waals surface area (Å²) in [5, 5.41) is 1.12. The molecule has 3 saturated heterocycles. The van der Waals surface area contributed by atoms with E-state index in [1.807, 2.05) is 34.2 Å². The number of hydrogen-bond acceptors (Lipinski definition) is 2. The third-order valence-corrected chi connectivity index (χ3v) is 5.70. The summed E-state index contributed by atoms with van der Waals surface area (Å²) in [4.78, 5) is 34.3. The smallest absolute Gasteiger partial charge is 0.319 e. The molecule has 0 radical (unpaired) electrons. The monoisotopic (exact) mass is 354 g/mol. The standard InChI is InChI=1S/C20H26N4O2/c1-22(2)20(26)23-11-14-7-8-16(13-23)24(12-14)19(25)9-15-10-21-18-6-4-3-5-17(15)18/h3-6,10,14,16,21H,7-9,11-13H2,1-2H3/t14-,16+/m1/s1. The molecule has 0 saturated carbocycles. The first-order valence-corrected chi connectivity index (χ1v) is 9.33. The Balaban J connectivity index is 1.51. The van der Waals surface area contributed by atoms with E-state index in [2.05, 4.69) is 11.1 Å². The SMILES string of the molecule is CN(C)C(=O)N1C[C@H]2CC[C@@H](C1)N(C(=O)Cc1c[nH]c3ccccc13)C2. The molecule has 4 heterocycles. The zero-order valence-corrected chi connectivity index (χ0v) is 15.4. The average molecular weight is 354 g/mol. The number of benzene rings is 1. The van der Waals surface area contributed by atoms with Gasteiger partial charge in [-0.3, -0.25) is 4.79 Å². The molecule has 2 bridgehead atoms. The second-order valence-electron chi connectivity index (χ2n) is 7.76. The molecule has 5 rings (SSSR count). The van der Waals surface area contributed by atoms with Gasteiger partial charge in [-0.15, -0.1) is 0 Å². The van der Waals surface area contributed by atoms with Crippen molar-refractivity contribution in [1.82, 2.24) is 19.7 Å². The number of rotatable bonds is 2. The third kappa shape index (κ3) is 3.04. The van der Waals surface area contributed by atoms with Gasteiger partial charge in [-0.2, -0.15) is 0 Å². The highest BCUT2D eigenvalue weighted by Crippen LogP contribution is 2.29. The van der Waals surface area contributed by atoms with Gasteiger partial charge in [0.2, 0.25) is 5.91 Å². The van der Waals surface area contributed by atoms with Gasteiger partial charge in [0.25, 0.3) is 0 Å². The number of aromatic amines is 1. The van der Waals surface area contributed by atoms with Gasteiger partial charge in [-0.05, 0) is 30.4 Å². The van der Waals surface area contributed by atoms with E-state index in [1.165, 1.54) is 0 Å². The van der Waals surface area contributed by atoms with Gasteiger partial charge >= 0.3 is 6.03 Å². The Morgan fingerprint density at radius 3 is 2.77 bits per heavy atom. The molecule has 2 atom stereocenters. The van der Waals surface area contributed by atoms with E-state index in [9.17, 15) is 9.59 Å². The van der Waals surface area contributed by atoms with Gasteiger partial charge in [-0.1, -0.05) is 18.2 Å². The maximum Gasteiger partial charge on any atom is 0.319 e. The number of hydrogen-bond donors (Lipinski definition) is 1. The number of nitrogens with zero attached hydrogens (tertiary/aromatic N) is 3. The lowest BCUT2D eigenvalue weighted by atomic mass is 9.94. The summed E-state index contributed by atoms with van der Waals surface area (Å²) < 4.78 is 0. The Morgan fingerprint density at radius 1 is 1.15 bits per heavy atom. The van der Waals surface area contributed by atoms with Crippen LogP contribution in [0, 0.1) is 5.92 Å². The minimum Gasteiger partial charge on any atom is -0.361 e. The van der Waals surface area contributed by atoms with Crippen molar-refractivity contribution >= 4 is 22.8 Å². The topological polar surface area (TPSA) is 59.7 Å². The van der Waals surface area contributed by atoms with Crippen molar-refractivity contribution < 1.29 is 9.59 Å². The summed E-state index contributed by atoms with van der Waals surface area (Å²) >= 11 is 0. The lowest BCUT2D eigenvalue weighted by Gasteiger charge is -2.36. The van der Waals surface area contributed by atoms with Crippen LogP contribution in [0.4, 0.5) is 4.79 Å². The summed E-state index contributed by atoms with van der Waals surface area (Å²) in [6.45, 7) is 2.17. The first-order valence-electron chi connectivity index (χ1n) is 9.33. The molecule has 1 N–H and O–H groups in total. The largest absolute Gasteiger partial charge is 0.361 e. The lowest BCUT2D eigenvalue weighted by molar-refractivity contribution is -0.134. The minimum absolute atomic E-state index is 0.0489. The van der Waals surface area contributed by atoms with Crippen molar-refractivity contribution in [2.75, 3.05) is 33.7 Å². The molecule has 26 heavy (non-hydrogen) atoms. The highest BCUT2D eigenvalue weighted by atomic mass is 16.2. The van der Waals surface area contributed by atoms with E-state index in [1.54, 1.807) is 19.0 Å².